The molecule has 1 saturated heterocycles. The summed E-state index contributed by atoms with van der Waals surface area (Å²) in [6, 6.07) is 6.30. The minimum Gasteiger partial charge on any atom is -0.398 e. The van der Waals surface area contributed by atoms with E-state index in [4.69, 9.17) is 11.0 Å². The van der Waals surface area contributed by atoms with Crippen molar-refractivity contribution >= 4 is 15.7 Å². The monoisotopic (exact) mass is 307 g/mol. The normalized spacial score (nSPS) is 18.5. The van der Waals surface area contributed by atoms with E-state index >= 15 is 0 Å². The molecule has 1 heterocycles. The zero-order chi connectivity index (χ0) is 15.7. The molecule has 0 atom stereocenters. The first-order chi connectivity index (χ1) is 9.88. The van der Waals surface area contributed by atoms with Gasteiger partial charge in [-0.25, -0.2) is 8.42 Å². The zero-order valence-electron chi connectivity index (χ0n) is 12.5. The molecule has 0 aliphatic carbocycles. The minimum absolute atomic E-state index is 0.0778. The first kappa shape index (κ1) is 15.8. The van der Waals surface area contributed by atoms with Gasteiger partial charge in [0.15, 0.2) is 0 Å². The second-order valence-corrected chi connectivity index (χ2v) is 7.57. The number of nitrogens with zero attached hydrogens (tertiary/aromatic N) is 2. The molecule has 6 heteroatoms. The maximum atomic E-state index is 12.7. The largest absolute Gasteiger partial charge is 0.398 e. The summed E-state index contributed by atoms with van der Waals surface area (Å²) in [5.41, 5.74) is 6.41. The summed E-state index contributed by atoms with van der Waals surface area (Å²) in [7, 11) is -3.59. The van der Waals surface area contributed by atoms with Gasteiger partial charge in [-0.05, 0) is 42.9 Å². The van der Waals surface area contributed by atoms with Crippen molar-refractivity contribution in [1.82, 2.24) is 4.31 Å². The fraction of sp³-hybridized carbons (Fsp3) is 0.533. The molecule has 0 bridgehead atoms. The van der Waals surface area contributed by atoms with Gasteiger partial charge in [-0.3, -0.25) is 0 Å². The molecule has 1 aromatic carbocycles. The van der Waals surface area contributed by atoms with Crippen LogP contribution in [0.15, 0.2) is 23.1 Å². The van der Waals surface area contributed by atoms with Crippen LogP contribution in [0.1, 0.15) is 38.7 Å². The van der Waals surface area contributed by atoms with Crippen LogP contribution in [0.4, 0.5) is 5.69 Å². The maximum Gasteiger partial charge on any atom is 0.245 e. The predicted octanol–water partition coefficient (Wildman–Crippen LogP) is 2.34. The van der Waals surface area contributed by atoms with E-state index in [1.54, 1.807) is 0 Å². The number of hydrogen-bond donors (Lipinski definition) is 1. The minimum atomic E-state index is -3.59. The highest BCUT2D eigenvalue weighted by Crippen LogP contribution is 2.39. The first-order valence-corrected chi connectivity index (χ1v) is 8.62. The van der Waals surface area contributed by atoms with Gasteiger partial charge >= 0.3 is 0 Å². The van der Waals surface area contributed by atoms with E-state index in [0.29, 0.717) is 18.7 Å². The Hall–Kier alpha value is -1.58. The number of rotatable bonds is 4. The Morgan fingerprint density at radius 3 is 2.52 bits per heavy atom. The van der Waals surface area contributed by atoms with E-state index in [0.717, 1.165) is 19.3 Å². The lowest BCUT2D eigenvalue weighted by atomic mass is 9.82. The lowest BCUT2D eigenvalue weighted by molar-refractivity contribution is 0.279. The van der Waals surface area contributed by atoms with Crippen molar-refractivity contribution in [1.29, 1.82) is 5.26 Å². The molecule has 0 saturated carbocycles. The van der Waals surface area contributed by atoms with Crippen LogP contribution in [-0.2, 0) is 10.0 Å². The van der Waals surface area contributed by atoms with Crippen molar-refractivity contribution in [3.05, 3.63) is 23.8 Å². The van der Waals surface area contributed by atoms with Gasteiger partial charge in [-0.2, -0.15) is 9.57 Å². The Morgan fingerprint density at radius 1 is 1.38 bits per heavy atom. The molecular weight excluding hydrogens is 286 g/mol. The summed E-state index contributed by atoms with van der Waals surface area (Å²) >= 11 is 0. The molecule has 2 N–H and O–H groups in total. The molecule has 0 aromatic heterocycles. The Kier molecular flexibility index (Phi) is 4.26. The molecule has 5 nitrogen and oxygen atoms in total. The molecule has 1 fully saturated rings. The average Bonchev–Trinajstić information content (AvgIpc) is 2.92. The van der Waals surface area contributed by atoms with E-state index < -0.39 is 10.0 Å². The summed E-state index contributed by atoms with van der Waals surface area (Å²) in [4.78, 5) is 0.101. The van der Waals surface area contributed by atoms with Gasteiger partial charge < -0.3 is 5.73 Å². The van der Waals surface area contributed by atoms with Crippen molar-refractivity contribution in [2.45, 2.75) is 38.0 Å². The third-order valence-electron chi connectivity index (χ3n) is 4.66. The molecule has 0 unspecified atom stereocenters. The summed E-state index contributed by atoms with van der Waals surface area (Å²) in [5, 5.41) is 8.83. The van der Waals surface area contributed by atoms with Gasteiger partial charge in [0.2, 0.25) is 10.0 Å². The maximum absolute atomic E-state index is 12.7. The van der Waals surface area contributed by atoms with Crippen LogP contribution >= 0.6 is 0 Å². The van der Waals surface area contributed by atoms with Gasteiger partial charge in [-0.1, -0.05) is 13.8 Å². The predicted molar refractivity (Wildman–Crippen MR) is 82.0 cm³/mol. The van der Waals surface area contributed by atoms with Crippen LogP contribution in [0.3, 0.4) is 0 Å². The fourth-order valence-electron chi connectivity index (χ4n) is 2.92. The van der Waals surface area contributed by atoms with Crippen molar-refractivity contribution in [3.63, 3.8) is 0 Å². The van der Waals surface area contributed by atoms with E-state index in [1.807, 2.05) is 6.07 Å². The van der Waals surface area contributed by atoms with Gasteiger partial charge in [-0.15, -0.1) is 0 Å². The number of nitrogens with two attached hydrogens (primary N) is 1. The first-order valence-electron chi connectivity index (χ1n) is 7.18. The summed E-state index contributed by atoms with van der Waals surface area (Å²) < 4.78 is 27.0. The van der Waals surface area contributed by atoms with Crippen LogP contribution in [0.25, 0.3) is 0 Å². The topological polar surface area (TPSA) is 87.2 Å². The van der Waals surface area contributed by atoms with Crippen molar-refractivity contribution in [2.24, 2.45) is 5.41 Å². The van der Waals surface area contributed by atoms with Gasteiger partial charge in [0.1, 0.15) is 4.90 Å². The Morgan fingerprint density at radius 2 is 2.05 bits per heavy atom. The van der Waals surface area contributed by atoms with Crippen molar-refractivity contribution in [2.75, 3.05) is 18.8 Å². The number of sulfonamides is 1. The quantitative estimate of drug-likeness (QED) is 0.865. The summed E-state index contributed by atoms with van der Waals surface area (Å²) in [6.45, 7) is 5.29. The van der Waals surface area contributed by atoms with E-state index in [-0.39, 0.29) is 16.0 Å². The second-order valence-electron chi connectivity index (χ2n) is 5.66. The van der Waals surface area contributed by atoms with E-state index in [9.17, 15) is 8.42 Å². The zero-order valence-corrected chi connectivity index (χ0v) is 13.3. The molecule has 114 valence electrons. The smallest absolute Gasteiger partial charge is 0.245 e. The third kappa shape index (κ3) is 2.76. The molecule has 0 spiro atoms. The number of nitriles is 1. The van der Waals surface area contributed by atoms with Crippen molar-refractivity contribution in [3.8, 4) is 6.07 Å². The average molecular weight is 307 g/mol. The lowest BCUT2D eigenvalue weighted by Crippen LogP contribution is -2.32. The number of hydrogen-bond acceptors (Lipinski definition) is 4. The van der Waals surface area contributed by atoms with Gasteiger partial charge in [0, 0.05) is 13.1 Å². The van der Waals surface area contributed by atoms with E-state index in [1.165, 1.54) is 22.5 Å². The van der Waals surface area contributed by atoms with E-state index in [2.05, 4.69) is 13.8 Å². The Bertz CT molecular complexity index is 673. The van der Waals surface area contributed by atoms with Gasteiger partial charge in [0.05, 0.1) is 17.3 Å². The van der Waals surface area contributed by atoms with Crippen molar-refractivity contribution < 1.29 is 8.42 Å². The van der Waals surface area contributed by atoms with Crippen LogP contribution in [-0.4, -0.2) is 25.8 Å². The Labute approximate surface area is 126 Å². The standard InChI is InChI=1S/C15H21N3O2S/c1-3-15(4-2)7-8-18(11-15)21(19,20)14-6-5-12(10-16)9-13(14)17/h5-6,9H,3-4,7-8,11,17H2,1-2H3. The number of anilines is 1. The molecule has 1 aliphatic heterocycles. The molecule has 1 aliphatic rings. The summed E-state index contributed by atoms with van der Waals surface area (Å²) in [5.74, 6) is 0. The number of benzene rings is 1. The van der Waals surface area contributed by atoms with Crippen LogP contribution in [0, 0.1) is 16.7 Å². The highest BCUT2D eigenvalue weighted by atomic mass is 32.2. The second kappa shape index (κ2) is 5.66. The van der Waals surface area contributed by atoms with Crippen LogP contribution in [0.2, 0.25) is 0 Å². The summed E-state index contributed by atoms with van der Waals surface area (Å²) in [6.07, 6.45) is 2.83. The van der Waals surface area contributed by atoms with Crippen LogP contribution in [0.5, 0.6) is 0 Å². The molecular formula is C15H21N3O2S. The molecule has 21 heavy (non-hydrogen) atoms. The van der Waals surface area contributed by atoms with Gasteiger partial charge in [0.25, 0.3) is 0 Å². The molecule has 2 rings (SSSR count). The fourth-order valence-corrected chi connectivity index (χ4v) is 4.57. The Balaban J connectivity index is 2.34. The lowest BCUT2D eigenvalue weighted by Gasteiger charge is -2.26. The third-order valence-corrected chi connectivity index (χ3v) is 6.58. The molecule has 0 radical (unpaired) electrons. The molecule has 0 amide bonds. The SMILES string of the molecule is CCC1(CC)CCN(S(=O)(=O)c2ccc(C#N)cc2N)C1. The molecule has 1 aromatic rings. The highest BCUT2D eigenvalue weighted by molar-refractivity contribution is 7.89. The number of nitrogen functional groups attached to an aromatic ring is 1. The highest BCUT2D eigenvalue weighted by Gasteiger charge is 2.41. The van der Waals surface area contributed by atoms with Crippen LogP contribution < -0.4 is 5.73 Å².